The highest BCUT2D eigenvalue weighted by Crippen LogP contribution is 2.22. The number of hydrogen-bond acceptors (Lipinski definition) is 4. The topological polar surface area (TPSA) is 66.9 Å². The molecular formula is C18H27FN2O4S. The summed E-state index contributed by atoms with van der Waals surface area (Å²) in [6, 6.07) is 5.21. The first-order chi connectivity index (χ1) is 12.0. The van der Waals surface area contributed by atoms with Crippen LogP contribution in [-0.4, -0.2) is 55.5 Å². The van der Waals surface area contributed by atoms with E-state index < -0.39 is 27.5 Å². The van der Waals surface area contributed by atoms with Crippen LogP contribution in [0, 0.1) is 5.82 Å². The van der Waals surface area contributed by atoms with Gasteiger partial charge < -0.3 is 9.64 Å². The van der Waals surface area contributed by atoms with Gasteiger partial charge in [0.05, 0.1) is 5.75 Å². The molecular weight excluding hydrogens is 359 g/mol. The van der Waals surface area contributed by atoms with E-state index in [2.05, 4.69) is 0 Å². The second kappa shape index (κ2) is 7.92. The quantitative estimate of drug-likeness (QED) is 0.798. The van der Waals surface area contributed by atoms with Crippen LogP contribution in [0.2, 0.25) is 0 Å². The summed E-state index contributed by atoms with van der Waals surface area (Å²) in [5.41, 5.74) is -0.0667. The van der Waals surface area contributed by atoms with Gasteiger partial charge in [0.15, 0.2) is 0 Å². The van der Waals surface area contributed by atoms with Gasteiger partial charge >= 0.3 is 6.09 Å². The number of likely N-dealkylation sites (N-methyl/N-ethyl adjacent to an activating group) is 1. The normalized spacial score (nSPS) is 19.2. The third-order valence-corrected chi connectivity index (χ3v) is 6.06. The number of carbonyl (C=O) groups excluding carboxylic acids is 1. The first kappa shape index (κ1) is 20.6. The highest BCUT2D eigenvalue weighted by atomic mass is 32.2. The van der Waals surface area contributed by atoms with E-state index in [0.717, 1.165) is 6.42 Å². The third-order valence-electron chi connectivity index (χ3n) is 4.24. The Morgan fingerprint density at radius 1 is 1.31 bits per heavy atom. The van der Waals surface area contributed by atoms with Gasteiger partial charge in [0.1, 0.15) is 11.4 Å². The van der Waals surface area contributed by atoms with E-state index in [1.807, 2.05) is 0 Å². The van der Waals surface area contributed by atoms with Crippen LogP contribution in [0.15, 0.2) is 24.3 Å². The van der Waals surface area contributed by atoms with E-state index in [9.17, 15) is 17.6 Å². The number of carbonyl (C=O) groups is 1. The molecule has 1 aromatic carbocycles. The Hall–Kier alpha value is -1.67. The summed E-state index contributed by atoms with van der Waals surface area (Å²) in [6.45, 7) is 6.03. The maximum Gasteiger partial charge on any atom is 0.410 e. The summed E-state index contributed by atoms with van der Waals surface area (Å²) >= 11 is 0. The molecule has 0 radical (unpaired) electrons. The number of halogens is 1. The van der Waals surface area contributed by atoms with E-state index in [-0.39, 0.29) is 18.3 Å². The molecule has 6 nitrogen and oxygen atoms in total. The van der Waals surface area contributed by atoms with Crippen LogP contribution in [0.25, 0.3) is 0 Å². The van der Waals surface area contributed by atoms with Gasteiger partial charge in [-0.25, -0.2) is 17.6 Å². The highest BCUT2D eigenvalue weighted by Gasteiger charge is 2.33. The smallest absolute Gasteiger partial charge is 0.410 e. The van der Waals surface area contributed by atoms with Crippen LogP contribution < -0.4 is 0 Å². The van der Waals surface area contributed by atoms with Crippen LogP contribution in [0.5, 0.6) is 0 Å². The molecule has 1 heterocycles. The van der Waals surface area contributed by atoms with Gasteiger partial charge in [-0.3, -0.25) is 0 Å². The summed E-state index contributed by atoms with van der Waals surface area (Å²) in [5.74, 6) is -0.584. The van der Waals surface area contributed by atoms with E-state index in [4.69, 9.17) is 4.74 Å². The number of benzene rings is 1. The molecule has 1 aliphatic rings. The molecule has 1 aromatic rings. The van der Waals surface area contributed by atoms with Crippen molar-refractivity contribution < 1.29 is 22.3 Å². The summed E-state index contributed by atoms with van der Waals surface area (Å²) in [7, 11) is -1.91. The van der Waals surface area contributed by atoms with Crippen molar-refractivity contribution in [3.05, 3.63) is 35.6 Å². The molecule has 1 amide bonds. The molecule has 0 unspecified atom stereocenters. The predicted octanol–water partition coefficient (Wildman–Crippen LogP) is 2.99. The van der Waals surface area contributed by atoms with Crippen LogP contribution in [0.1, 0.15) is 39.2 Å². The average Bonchev–Trinajstić information content (AvgIpc) is 2.54. The maximum absolute atomic E-state index is 13.0. The lowest BCUT2D eigenvalue weighted by molar-refractivity contribution is 0.0173. The lowest BCUT2D eigenvalue weighted by Crippen LogP contribution is -2.51. The molecule has 1 fully saturated rings. The fourth-order valence-electron chi connectivity index (χ4n) is 2.86. The molecule has 0 saturated carbocycles. The number of nitrogens with zero attached hydrogens (tertiary/aromatic N) is 2. The molecule has 0 bridgehead atoms. The molecule has 0 aliphatic carbocycles. The monoisotopic (exact) mass is 386 g/mol. The molecule has 2 rings (SSSR count). The van der Waals surface area contributed by atoms with Crippen molar-refractivity contribution in [1.29, 1.82) is 0 Å². The van der Waals surface area contributed by atoms with Crippen LogP contribution in [-0.2, 0) is 20.5 Å². The van der Waals surface area contributed by atoms with E-state index in [1.165, 1.54) is 33.5 Å². The summed E-state index contributed by atoms with van der Waals surface area (Å²) < 4.78 is 45.2. The van der Waals surface area contributed by atoms with Crippen molar-refractivity contribution >= 4 is 16.1 Å². The fourth-order valence-corrected chi connectivity index (χ4v) is 4.46. The zero-order valence-corrected chi connectivity index (χ0v) is 16.6. The van der Waals surface area contributed by atoms with Crippen molar-refractivity contribution in [3.63, 3.8) is 0 Å². The summed E-state index contributed by atoms with van der Waals surface area (Å²) in [4.78, 5) is 13.7. The lowest BCUT2D eigenvalue weighted by Gasteiger charge is -2.37. The molecule has 1 atom stereocenters. The van der Waals surface area contributed by atoms with Gasteiger partial charge in [-0.2, -0.15) is 4.31 Å². The SMILES string of the molecule is CN(C(=O)OC(C)(C)C)[C@H]1CCCN(S(=O)(=O)Cc2ccc(F)cc2)C1. The van der Waals surface area contributed by atoms with Gasteiger partial charge in [-0.1, -0.05) is 12.1 Å². The number of piperidine rings is 1. The van der Waals surface area contributed by atoms with Gasteiger partial charge in [0.2, 0.25) is 10.0 Å². The van der Waals surface area contributed by atoms with Gasteiger partial charge in [-0.05, 0) is 51.3 Å². The predicted molar refractivity (Wildman–Crippen MR) is 97.6 cm³/mol. The minimum atomic E-state index is -3.54. The van der Waals surface area contributed by atoms with Crippen molar-refractivity contribution in [2.45, 2.75) is 51.0 Å². The van der Waals surface area contributed by atoms with Crippen LogP contribution in [0.4, 0.5) is 9.18 Å². The third kappa shape index (κ3) is 5.67. The van der Waals surface area contributed by atoms with Crippen molar-refractivity contribution in [1.82, 2.24) is 9.21 Å². The van der Waals surface area contributed by atoms with Crippen LogP contribution >= 0.6 is 0 Å². The Morgan fingerprint density at radius 3 is 2.50 bits per heavy atom. The van der Waals surface area contributed by atoms with Gasteiger partial charge in [0.25, 0.3) is 0 Å². The van der Waals surface area contributed by atoms with Crippen molar-refractivity contribution in [3.8, 4) is 0 Å². The van der Waals surface area contributed by atoms with E-state index in [0.29, 0.717) is 18.5 Å². The Bertz CT molecular complexity index is 729. The molecule has 1 saturated heterocycles. The Balaban J connectivity index is 2.04. The first-order valence-electron chi connectivity index (χ1n) is 8.66. The molecule has 8 heteroatoms. The second-order valence-electron chi connectivity index (χ2n) is 7.63. The van der Waals surface area contributed by atoms with Gasteiger partial charge in [-0.15, -0.1) is 0 Å². The molecule has 146 valence electrons. The number of rotatable bonds is 4. The van der Waals surface area contributed by atoms with Crippen molar-refractivity contribution in [2.75, 3.05) is 20.1 Å². The Labute approximate surface area is 155 Å². The number of sulfonamides is 1. The highest BCUT2D eigenvalue weighted by molar-refractivity contribution is 7.88. The van der Waals surface area contributed by atoms with Gasteiger partial charge in [0, 0.05) is 26.2 Å². The Kier molecular flexibility index (Phi) is 6.29. The Morgan fingerprint density at radius 2 is 1.92 bits per heavy atom. The average molecular weight is 386 g/mol. The van der Waals surface area contributed by atoms with Crippen molar-refractivity contribution in [2.24, 2.45) is 0 Å². The number of ether oxygens (including phenoxy) is 1. The minimum Gasteiger partial charge on any atom is -0.444 e. The molecule has 1 aliphatic heterocycles. The maximum atomic E-state index is 13.0. The standard InChI is InChI=1S/C18H27FN2O4S/c1-18(2,3)25-17(22)20(4)16-6-5-11-21(12-16)26(23,24)13-14-7-9-15(19)10-8-14/h7-10,16H,5-6,11-13H2,1-4H3/t16-/m0/s1. The fraction of sp³-hybridized carbons (Fsp3) is 0.611. The molecule has 0 spiro atoms. The second-order valence-corrected chi connectivity index (χ2v) is 9.60. The number of hydrogen-bond donors (Lipinski definition) is 0. The largest absolute Gasteiger partial charge is 0.444 e. The first-order valence-corrected chi connectivity index (χ1v) is 10.3. The zero-order valence-electron chi connectivity index (χ0n) is 15.7. The molecule has 0 N–H and O–H groups in total. The van der Waals surface area contributed by atoms with E-state index >= 15 is 0 Å². The minimum absolute atomic E-state index is 0.184. The summed E-state index contributed by atoms with van der Waals surface area (Å²) in [6.07, 6.45) is 0.930. The lowest BCUT2D eigenvalue weighted by atomic mass is 10.1. The molecule has 26 heavy (non-hydrogen) atoms. The summed E-state index contributed by atoms with van der Waals surface area (Å²) in [5, 5.41) is 0. The van der Waals surface area contributed by atoms with Crippen LogP contribution in [0.3, 0.4) is 0 Å². The number of amides is 1. The van der Waals surface area contributed by atoms with E-state index in [1.54, 1.807) is 27.8 Å². The zero-order chi connectivity index (χ0) is 19.5. The molecule has 0 aromatic heterocycles.